The summed E-state index contributed by atoms with van der Waals surface area (Å²) in [4.78, 5) is 0. The van der Waals surface area contributed by atoms with Crippen LogP contribution in [0, 0.1) is 0 Å². The average Bonchev–Trinajstić information content (AvgIpc) is 2.54. The zero-order valence-electron chi connectivity index (χ0n) is 14.5. The van der Waals surface area contributed by atoms with Crippen LogP contribution in [-0.4, -0.2) is 12.1 Å². The maximum atomic E-state index is 5.98. The van der Waals surface area contributed by atoms with Crippen molar-refractivity contribution >= 4 is 31.9 Å². The highest BCUT2D eigenvalue weighted by atomic mass is 79.9. The van der Waals surface area contributed by atoms with Crippen LogP contribution in [0.3, 0.4) is 0 Å². The summed E-state index contributed by atoms with van der Waals surface area (Å²) in [6.07, 6.45) is 2.35. The summed E-state index contributed by atoms with van der Waals surface area (Å²) in [5, 5.41) is 3.62. The zero-order valence-corrected chi connectivity index (χ0v) is 17.7. The largest absolute Gasteiger partial charge is 0.489 e. The first kappa shape index (κ1) is 19.5. The van der Waals surface area contributed by atoms with Crippen molar-refractivity contribution in [2.45, 2.75) is 52.3 Å². The van der Waals surface area contributed by atoms with Crippen molar-refractivity contribution in [2.24, 2.45) is 0 Å². The molecule has 0 saturated carbocycles. The summed E-state index contributed by atoms with van der Waals surface area (Å²) in [5.74, 6) is 0.927. The molecule has 0 radical (unpaired) electrons. The van der Waals surface area contributed by atoms with Crippen LogP contribution in [0.5, 0.6) is 5.75 Å². The first-order chi connectivity index (χ1) is 11.5. The van der Waals surface area contributed by atoms with Crippen LogP contribution in [0.15, 0.2) is 51.4 Å². The molecule has 0 amide bonds. The Kier molecular flexibility index (Phi) is 7.79. The third-order valence-corrected chi connectivity index (χ3v) is 4.84. The second-order valence-corrected chi connectivity index (χ2v) is 8.12. The molecule has 0 aromatic heterocycles. The van der Waals surface area contributed by atoms with E-state index in [0.29, 0.717) is 6.04 Å². The van der Waals surface area contributed by atoms with E-state index < -0.39 is 0 Å². The van der Waals surface area contributed by atoms with Crippen molar-refractivity contribution in [1.29, 1.82) is 0 Å². The quantitative estimate of drug-likeness (QED) is 0.519. The van der Waals surface area contributed by atoms with Gasteiger partial charge in [0.05, 0.1) is 10.6 Å². The second kappa shape index (κ2) is 9.59. The minimum absolute atomic E-state index is 0.150. The Bertz CT molecular complexity index is 644. The predicted octanol–water partition coefficient (Wildman–Crippen LogP) is 6.11. The number of benzene rings is 2. The van der Waals surface area contributed by atoms with Crippen molar-refractivity contribution in [3.8, 4) is 5.75 Å². The normalized spacial score (nSPS) is 12.4. The average molecular weight is 455 g/mol. The van der Waals surface area contributed by atoms with Gasteiger partial charge in [0.15, 0.2) is 0 Å². The Morgan fingerprint density at radius 2 is 1.75 bits per heavy atom. The molecular formula is C20H25Br2NO. The monoisotopic (exact) mass is 453 g/mol. The van der Waals surface area contributed by atoms with Crippen LogP contribution in [0.25, 0.3) is 0 Å². The Balaban J connectivity index is 1.95. The molecule has 0 aliphatic carbocycles. The molecule has 1 N–H and O–H groups in total. The van der Waals surface area contributed by atoms with Crippen LogP contribution in [0.4, 0.5) is 0 Å². The molecule has 0 bridgehead atoms. The second-order valence-electron chi connectivity index (χ2n) is 6.35. The molecule has 0 heterocycles. The summed E-state index contributed by atoms with van der Waals surface area (Å²) in [7, 11) is 0. The maximum Gasteiger partial charge on any atom is 0.138 e. The molecule has 2 nitrogen and oxygen atoms in total. The lowest BCUT2D eigenvalue weighted by molar-refractivity contribution is 0.237. The maximum absolute atomic E-state index is 5.98. The molecular weight excluding hydrogens is 430 g/mol. The third-order valence-electron chi connectivity index (χ3n) is 3.79. The van der Waals surface area contributed by atoms with Gasteiger partial charge in [0.25, 0.3) is 0 Å². The minimum atomic E-state index is 0.150. The molecule has 24 heavy (non-hydrogen) atoms. The third kappa shape index (κ3) is 6.23. The fourth-order valence-corrected chi connectivity index (χ4v) is 3.93. The summed E-state index contributed by atoms with van der Waals surface area (Å²) < 4.78 is 8.03. The zero-order chi connectivity index (χ0) is 17.5. The summed E-state index contributed by atoms with van der Waals surface area (Å²) >= 11 is 7.18. The lowest BCUT2D eigenvalue weighted by Gasteiger charge is -2.19. The van der Waals surface area contributed by atoms with Crippen molar-refractivity contribution < 1.29 is 4.74 Å². The highest BCUT2D eigenvalue weighted by Gasteiger charge is 2.13. The highest BCUT2D eigenvalue weighted by molar-refractivity contribution is 9.11. The van der Waals surface area contributed by atoms with E-state index in [1.165, 1.54) is 5.56 Å². The molecule has 0 saturated heterocycles. The van der Waals surface area contributed by atoms with Crippen LogP contribution in [0.2, 0.25) is 0 Å². The van der Waals surface area contributed by atoms with Gasteiger partial charge < -0.3 is 10.1 Å². The minimum Gasteiger partial charge on any atom is -0.489 e. The molecule has 0 unspecified atom stereocenters. The smallest absolute Gasteiger partial charge is 0.138 e. The fraction of sp³-hybridized carbons (Fsp3) is 0.400. The molecule has 0 aliphatic heterocycles. The summed E-state index contributed by atoms with van der Waals surface area (Å²) in [6.45, 7) is 7.12. The summed E-state index contributed by atoms with van der Waals surface area (Å²) in [6, 6.07) is 15.2. The Morgan fingerprint density at radius 1 is 1.04 bits per heavy atom. The first-order valence-electron chi connectivity index (χ1n) is 8.37. The van der Waals surface area contributed by atoms with Crippen LogP contribution in [0.1, 0.15) is 38.3 Å². The van der Waals surface area contributed by atoms with Gasteiger partial charge in [-0.2, -0.15) is 0 Å². The van der Waals surface area contributed by atoms with Crippen molar-refractivity contribution in [3.05, 3.63) is 62.5 Å². The Morgan fingerprint density at radius 3 is 2.42 bits per heavy atom. The number of hydrogen-bond donors (Lipinski definition) is 1. The Hall–Kier alpha value is -0.840. The van der Waals surface area contributed by atoms with Gasteiger partial charge >= 0.3 is 0 Å². The van der Waals surface area contributed by atoms with E-state index in [0.717, 1.165) is 39.6 Å². The number of aryl methyl sites for hydroxylation is 1. The molecule has 0 fully saturated rings. The van der Waals surface area contributed by atoms with E-state index in [1.807, 2.05) is 19.9 Å². The van der Waals surface area contributed by atoms with Gasteiger partial charge in [0.1, 0.15) is 5.75 Å². The predicted molar refractivity (Wildman–Crippen MR) is 109 cm³/mol. The molecule has 2 rings (SSSR count). The van der Waals surface area contributed by atoms with Crippen LogP contribution >= 0.6 is 31.9 Å². The van der Waals surface area contributed by atoms with Gasteiger partial charge in [-0.15, -0.1) is 0 Å². The molecule has 0 spiro atoms. The lowest BCUT2D eigenvalue weighted by Crippen LogP contribution is -2.26. The number of nitrogens with one attached hydrogen (secondary N) is 1. The van der Waals surface area contributed by atoms with Gasteiger partial charge in [-0.25, -0.2) is 0 Å². The van der Waals surface area contributed by atoms with Gasteiger partial charge in [0, 0.05) is 22.6 Å². The SMILES string of the molecule is CC(C)Oc1c(Br)cc(Br)cc1CN[C@@H](C)CCc1ccccc1. The number of halogens is 2. The van der Waals surface area contributed by atoms with Gasteiger partial charge in [-0.3, -0.25) is 0 Å². The molecule has 2 aromatic carbocycles. The fourth-order valence-electron chi connectivity index (χ4n) is 2.53. The number of rotatable bonds is 8. The topological polar surface area (TPSA) is 21.3 Å². The van der Waals surface area contributed by atoms with E-state index in [1.54, 1.807) is 0 Å². The van der Waals surface area contributed by atoms with Gasteiger partial charge in [-0.05, 0) is 67.2 Å². The molecule has 130 valence electrons. The van der Waals surface area contributed by atoms with Crippen molar-refractivity contribution in [3.63, 3.8) is 0 Å². The molecule has 2 aromatic rings. The number of ether oxygens (including phenoxy) is 1. The van der Waals surface area contributed by atoms with Crippen LogP contribution in [-0.2, 0) is 13.0 Å². The van der Waals surface area contributed by atoms with Crippen molar-refractivity contribution in [2.75, 3.05) is 0 Å². The molecule has 1 atom stereocenters. The lowest BCUT2D eigenvalue weighted by atomic mass is 10.1. The Labute approximate surface area is 162 Å². The highest BCUT2D eigenvalue weighted by Crippen LogP contribution is 2.33. The van der Waals surface area contributed by atoms with Crippen LogP contribution < -0.4 is 10.1 Å². The first-order valence-corrected chi connectivity index (χ1v) is 9.96. The summed E-state index contributed by atoms with van der Waals surface area (Å²) in [5.41, 5.74) is 2.55. The van der Waals surface area contributed by atoms with Gasteiger partial charge in [-0.1, -0.05) is 46.3 Å². The number of hydrogen-bond acceptors (Lipinski definition) is 2. The molecule has 0 aliphatic rings. The van der Waals surface area contributed by atoms with Gasteiger partial charge in [0.2, 0.25) is 0 Å². The van der Waals surface area contributed by atoms with E-state index in [4.69, 9.17) is 4.74 Å². The molecule has 4 heteroatoms. The van der Waals surface area contributed by atoms with E-state index in [2.05, 4.69) is 80.5 Å². The van der Waals surface area contributed by atoms with E-state index in [-0.39, 0.29) is 6.10 Å². The standard InChI is InChI=1S/C20H25Br2NO/c1-14(2)24-20-17(11-18(21)12-19(20)22)13-23-15(3)9-10-16-7-5-4-6-8-16/h4-8,11-12,14-15,23H,9-10,13H2,1-3H3/t15-/m0/s1. The van der Waals surface area contributed by atoms with Crippen molar-refractivity contribution in [1.82, 2.24) is 5.32 Å². The van der Waals surface area contributed by atoms with E-state index >= 15 is 0 Å². The van der Waals surface area contributed by atoms with E-state index in [9.17, 15) is 0 Å².